The minimum absolute atomic E-state index is 0.263. The van der Waals surface area contributed by atoms with E-state index in [2.05, 4.69) is 10.2 Å². The second kappa shape index (κ2) is 4.87. The maximum Gasteiger partial charge on any atom is 0.296 e. The summed E-state index contributed by atoms with van der Waals surface area (Å²) in [4.78, 5) is 0. The van der Waals surface area contributed by atoms with Gasteiger partial charge in [0.1, 0.15) is 5.82 Å². The van der Waals surface area contributed by atoms with Crippen molar-refractivity contribution in [2.75, 3.05) is 0 Å². The number of halogens is 2. The minimum Gasteiger partial charge on any atom is -0.304 e. The van der Waals surface area contributed by atoms with E-state index in [9.17, 15) is 8.42 Å². The van der Waals surface area contributed by atoms with E-state index in [-0.39, 0.29) is 5.16 Å². The van der Waals surface area contributed by atoms with Crippen LogP contribution in [0.5, 0.6) is 0 Å². The van der Waals surface area contributed by atoms with Gasteiger partial charge < -0.3 is 4.57 Å². The van der Waals surface area contributed by atoms with Crippen LogP contribution in [0.3, 0.4) is 0 Å². The topological polar surface area (TPSA) is 64.8 Å². The molecule has 1 aromatic heterocycles. The number of rotatable bonds is 3. The number of hydrogen-bond donors (Lipinski definition) is 0. The Labute approximate surface area is 114 Å². The SMILES string of the molecule is Cn1c(Cc2cccc(Cl)c2)nnc1S(=O)(=O)Cl. The summed E-state index contributed by atoms with van der Waals surface area (Å²) < 4.78 is 23.7. The maximum absolute atomic E-state index is 11.2. The van der Waals surface area contributed by atoms with Gasteiger partial charge >= 0.3 is 0 Å². The number of aromatic nitrogens is 3. The normalized spacial score (nSPS) is 11.7. The standard InChI is InChI=1S/C10H9Cl2N3O2S/c1-15-9(13-14-10(15)18(12,16)17)6-7-3-2-4-8(11)5-7/h2-5H,6H2,1H3. The molecule has 8 heteroatoms. The second-order valence-corrected chi connectivity index (χ2v) is 6.60. The third-order valence-electron chi connectivity index (χ3n) is 2.39. The Kier molecular flexibility index (Phi) is 3.61. The Balaban J connectivity index is 2.34. The van der Waals surface area contributed by atoms with Crippen LogP contribution in [0.15, 0.2) is 29.4 Å². The number of benzene rings is 1. The van der Waals surface area contributed by atoms with Gasteiger partial charge in [0.25, 0.3) is 14.2 Å². The van der Waals surface area contributed by atoms with Crippen molar-refractivity contribution in [2.24, 2.45) is 7.05 Å². The molecule has 96 valence electrons. The van der Waals surface area contributed by atoms with Crippen molar-refractivity contribution in [2.45, 2.75) is 11.6 Å². The van der Waals surface area contributed by atoms with Crippen LogP contribution < -0.4 is 0 Å². The van der Waals surface area contributed by atoms with Crippen molar-refractivity contribution >= 4 is 31.3 Å². The van der Waals surface area contributed by atoms with Gasteiger partial charge in [0.2, 0.25) is 0 Å². The molecular formula is C10H9Cl2N3O2S. The van der Waals surface area contributed by atoms with Crippen LogP contribution in [0, 0.1) is 0 Å². The van der Waals surface area contributed by atoms with E-state index < -0.39 is 9.05 Å². The zero-order chi connectivity index (χ0) is 13.3. The van der Waals surface area contributed by atoms with Crippen LogP contribution in [0.1, 0.15) is 11.4 Å². The van der Waals surface area contributed by atoms with Gasteiger partial charge in [0.05, 0.1) is 0 Å². The summed E-state index contributed by atoms with van der Waals surface area (Å²) in [6, 6.07) is 7.23. The van der Waals surface area contributed by atoms with Crippen LogP contribution in [0.25, 0.3) is 0 Å². The van der Waals surface area contributed by atoms with Crippen LogP contribution in [-0.2, 0) is 22.5 Å². The van der Waals surface area contributed by atoms with E-state index in [4.69, 9.17) is 22.3 Å². The first-order valence-electron chi connectivity index (χ1n) is 4.95. The number of nitrogens with zero attached hydrogens (tertiary/aromatic N) is 3. The molecule has 1 aromatic carbocycles. The summed E-state index contributed by atoms with van der Waals surface area (Å²) in [6.07, 6.45) is 0.427. The van der Waals surface area contributed by atoms with Crippen molar-refractivity contribution in [3.8, 4) is 0 Å². The van der Waals surface area contributed by atoms with Crippen molar-refractivity contribution < 1.29 is 8.42 Å². The lowest BCUT2D eigenvalue weighted by Crippen LogP contribution is -2.05. The zero-order valence-corrected chi connectivity index (χ0v) is 11.7. The highest BCUT2D eigenvalue weighted by Gasteiger charge is 2.20. The van der Waals surface area contributed by atoms with Crippen LogP contribution in [0.2, 0.25) is 5.02 Å². The number of hydrogen-bond acceptors (Lipinski definition) is 4. The van der Waals surface area contributed by atoms with Crippen molar-refractivity contribution in [1.29, 1.82) is 0 Å². The predicted octanol–water partition coefficient (Wildman–Crippen LogP) is 1.99. The molecule has 0 aliphatic carbocycles. The van der Waals surface area contributed by atoms with Gasteiger partial charge in [-0.2, -0.15) is 0 Å². The third-order valence-corrected chi connectivity index (χ3v) is 3.84. The fourth-order valence-electron chi connectivity index (χ4n) is 1.54. The average Bonchev–Trinajstić information content (AvgIpc) is 2.60. The first kappa shape index (κ1) is 13.3. The Morgan fingerprint density at radius 2 is 2.06 bits per heavy atom. The highest BCUT2D eigenvalue weighted by atomic mass is 35.7. The molecule has 18 heavy (non-hydrogen) atoms. The van der Waals surface area contributed by atoms with E-state index in [1.54, 1.807) is 19.2 Å². The van der Waals surface area contributed by atoms with Gasteiger partial charge in [0.15, 0.2) is 0 Å². The molecule has 5 nitrogen and oxygen atoms in total. The van der Waals surface area contributed by atoms with E-state index in [0.717, 1.165) is 5.56 Å². The van der Waals surface area contributed by atoms with Crippen LogP contribution >= 0.6 is 22.3 Å². The lowest BCUT2D eigenvalue weighted by atomic mass is 10.1. The lowest BCUT2D eigenvalue weighted by Gasteiger charge is -2.02. The molecular weight excluding hydrogens is 297 g/mol. The molecule has 2 aromatic rings. The van der Waals surface area contributed by atoms with Gasteiger partial charge in [-0.05, 0) is 17.7 Å². The molecule has 0 saturated heterocycles. The molecule has 0 unspecified atom stereocenters. The Morgan fingerprint density at radius 1 is 1.33 bits per heavy atom. The molecule has 0 radical (unpaired) electrons. The summed E-state index contributed by atoms with van der Waals surface area (Å²) in [7, 11) is 2.91. The fraction of sp³-hybridized carbons (Fsp3) is 0.200. The lowest BCUT2D eigenvalue weighted by molar-refractivity contribution is 0.591. The van der Waals surface area contributed by atoms with E-state index in [1.807, 2.05) is 12.1 Å². The summed E-state index contributed by atoms with van der Waals surface area (Å²) >= 11 is 5.87. The average molecular weight is 306 g/mol. The van der Waals surface area contributed by atoms with Crippen molar-refractivity contribution in [1.82, 2.24) is 14.8 Å². The van der Waals surface area contributed by atoms with E-state index in [0.29, 0.717) is 17.3 Å². The van der Waals surface area contributed by atoms with Gasteiger partial charge in [-0.25, -0.2) is 8.42 Å². The molecule has 0 atom stereocenters. The molecule has 0 fully saturated rings. The van der Waals surface area contributed by atoms with Crippen LogP contribution in [-0.4, -0.2) is 23.2 Å². The summed E-state index contributed by atoms with van der Waals surface area (Å²) in [5.74, 6) is 0.497. The zero-order valence-electron chi connectivity index (χ0n) is 9.34. The molecule has 0 N–H and O–H groups in total. The molecule has 0 saturated carbocycles. The Hall–Kier alpha value is -1.11. The first-order valence-corrected chi connectivity index (χ1v) is 7.64. The van der Waals surface area contributed by atoms with Crippen molar-refractivity contribution in [3.63, 3.8) is 0 Å². The largest absolute Gasteiger partial charge is 0.304 e. The van der Waals surface area contributed by atoms with Gasteiger partial charge in [-0.1, -0.05) is 23.7 Å². The molecule has 0 aliphatic rings. The Bertz CT molecular complexity index is 682. The second-order valence-electron chi connectivity index (χ2n) is 3.70. The molecule has 0 bridgehead atoms. The highest BCUT2D eigenvalue weighted by molar-refractivity contribution is 8.13. The van der Waals surface area contributed by atoms with E-state index >= 15 is 0 Å². The molecule has 1 heterocycles. The highest BCUT2D eigenvalue weighted by Crippen LogP contribution is 2.16. The first-order chi connectivity index (χ1) is 8.38. The maximum atomic E-state index is 11.2. The molecule has 0 spiro atoms. The van der Waals surface area contributed by atoms with Crippen molar-refractivity contribution in [3.05, 3.63) is 40.7 Å². The third kappa shape index (κ3) is 2.82. The monoisotopic (exact) mass is 305 g/mol. The smallest absolute Gasteiger partial charge is 0.296 e. The molecule has 2 rings (SSSR count). The minimum atomic E-state index is -3.88. The summed E-state index contributed by atoms with van der Waals surface area (Å²) in [5, 5.41) is 7.73. The van der Waals surface area contributed by atoms with Crippen LogP contribution in [0.4, 0.5) is 0 Å². The Morgan fingerprint density at radius 3 is 2.61 bits per heavy atom. The summed E-state index contributed by atoms with van der Waals surface area (Å²) in [5.41, 5.74) is 0.913. The molecule has 0 amide bonds. The van der Waals surface area contributed by atoms with E-state index in [1.165, 1.54) is 4.57 Å². The fourth-order valence-corrected chi connectivity index (χ4v) is 2.73. The van der Waals surface area contributed by atoms with Gasteiger partial charge in [-0.15, -0.1) is 10.2 Å². The predicted molar refractivity (Wildman–Crippen MR) is 68.3 cm³/mol. The molecule has 0 aliphatic heterocycles. The van der Waals surface area contributed by atoms with Gasteiger partial charge in [-0.3, -0.25) is 0 Å². The quantitative estimate of drug-likeness (QED) is 0.813. The van der Waals surface area contributed by atoms with Gasteiger partial charge in [0, 0.05) is 29.2 Å². The summed E-state index contributed by atoms with van der Waals surface area (Å²) in [6.45, 7) is 0.